The van der Waals surface area contributed by atoms with Crippen molar-refractivity contribution < 1.29 is 4.42 Å². The van der Waals surface area contributed by atoms with Gasteiger partial charge in [-0.1, -0.05) is 121 Å². The predicted molar refractivity (Wildman–Crippen MR) is 231 cm³/mol. The summed E-state index contributed by atoms with van der Waals surface area (Å²) in [5.74, 6) is 0.508. The van der Waals surface area contributed by atoms with Crippen LogP contribution in [-0.2, 0) is 0 Å². The molecule has 6 nitrogen and oxygen atoms in total. The molecule has 0 spiro atoms. The fraction of sp³-hybridized carbons (Fsp3) is 0. The van der Waals surface area contributed by atoms with Gasteiger partial charge in [0.2, 0.25) is 0 Å². The number of hydrogen-bond acceptors (Lipinski definition) is 4. The van der Waals surface area contributed by atoms with Gasteiger partial charge in [-0.3, -0.25) is 0 Å². The normalized spacial score (nSPS) is 11.8. The van der Waals surface area contributed by atoms with Crippen LogP contribution in [0.5, 0.6) is 0 Å². The lowest BCUT2D eigenvalue weighted by atomic mass is 10.0. The molecule has 57 heavy (non-hydrogen) atoms. The van der Waals surface area contributed by atoms with E-state index in [0.717, 1.165) is 99.1 Å². The van der Waals surface area contributed by atoms with Crippen molar-refractivity contribution in [3.05, 3.63) is 181 Å². The molecular formula is C51H29N5O. The Bertz CT molecular complexity index is 3640. The number of para-hydroxylation sites is 5. The average molecular weight is 728 g/mol. The summed E-state index contributed by atoms with van der Waals surface area (Å²) >= 11 is 0. The lowest BCUT2D eigenvalue weighted by Crippen LogP contribution is -2.01. The average Bonchev–Trinajstić information content (AvgIpc) is 3.94. The molecule has 0 N–H and O–H groups in total. The van der Waals surface area contributed by atoms with Gasteiger partial charge in [0.05, 0.1) is 50.3 Å². The monoisotopic (exact) mass is 727 g/mol. The Labute approximate surface area is 325 Å². The SMILES string of the molecule is N#Cc1cc(-n2c3ccccc3c3c4oc5ccccc5c4c4c5ccccc5n(-c5ccccc5)c4c32)ccc1-c1nc(-c2ccccc2)c2ccccc2n1. The first-order chi connectivity index (χ1) is 28.3. The number of nitriles is 1. The molecule has 0 aliphatic carbocycles. The van der Waals surface area contributed by atoms with Gasteiger partial charge in [-0.05, 0) is 54.6 Å². The molecule has 0 bridgehead atoms. The molecule has 4 heterocycles. The van der Waals surface area contributed by atoms with Gasteiger partial charge in [-0.25, -0.2) is 9.97 Å². The zero-order chi connectivity index (χ0) is 37.6. The molecular weight excluding hydrogens is 699 g/mol. The summed E-state index contributed by atoms with van der Waals surface area (Å²) in [6, 6.07) is 62.8. The molecule has 0 fully saturated rings. The van der Waals surface area contributed by atoms with Gasteiger partial charge in [0.25, 0.3) is 0 Å². The molecule has 12 aromatic rings. The number of benzene rings is 8. The summed E-state index contributed by atoms with van der Waals surface area (Å²) in [4.78, 5) is 10.1. The van der Waals surface area contributed by atoms with Crippen molar-refractivity contribution in [2.75, 3.05) is 0 Å². The van der Waals surface area contributed by atoms with Crippen LogP contribution >= 0.6 is 0 Å². The first-order valence-corrected chi connectivity index (χ1v) is 19.0. The molecule has 8 aromatic carbocycles. The van der Waals surface area contributed by atoms with E-state index in [1.165, 1.54) is 0 Å². The Morgan fingerprint density at radius 1 is 0.491 bits per heavy atom. The minimum Gasteiger partial charge on any atom is -0.455 e. The summed E-state index contributed by atoms with van der Waals surface area (Å²) in [5, 5.41) is 18.4. The highest BCUT2D eigenvalue weighted by Gasteiger charge is 2.28. The predicted octanol–water partition coefficient (Wildman–Crippen LogP) is 12.9. The summed E-state index contributed by atoms with van der Waals surface area (Å²) < 4.78 is 11.6. The van der Waals surface area contributed by atoms with Crippen LogP contribution in [0.15, 0.2) is 180 Å². The van der Waals surface area contributed by atoms with Crippen LogP contribution in [0.4, 0.5) is 0 Å². The van der Waals surface area contributed by atoms with Crippen molar-refractivity contribution in [1.82, 2.24) is 19.1 Å². The maximum atomic E-state index is 10.9. The van der Waals surface area contributed by atoms with Gasteiger partial charge in [-0.15, -0.1) is 0 Å². The number of aromatic nitrogens is 4. The molecule has 0 saturated heterocycles. The largest absolute Gasteiger partial charge is 0.455 e. The van der Waals surface area contributed by atoms with E-state index in [9.17, 15) is 5.26 Å². The van der Waals surface area contributed by atoms with Crippen molar-refractivity contribution in [3.8, 4) is 40.1 Å². The van der Waals surface area contributed by atoms with Crippen molar-refractivity contribution in [2.24, 2.45) is 0 Å². The fourth-order valence-corrected chi connectivity index (χ4v) is 8.97. The van der Waals surface area contributed by atoms with Crippen LogP contribution in [0, 0.1) is 11.3 Å². The second kappa shape index (κ2) is 12.0. The minimum atomic E-state index is 0.484. The number of nitrogens with zero attached hydrogens (tertiary/aromatic N) is 5. The van der Waals surface area contributed by atoms with E-state index in [1.807, 2.05) is 60.7 Å². The zero-order valence-corrected chi connectivity index (χ0v) is 30.4. The second-order valence-corrected chi connectivity index (χ2v) is 14.4. The highest BCUT2D eigenvalue weighted by Crippen LogP contribution is 2.49. The second-order valence-electron chi connectivity index (χ2n) is 14.4. The quantitative estimate of drug-likeness (QED) is 0.181. The smallest absolute Gasteiger partial charge is 0.161 e. The molecule has 0 amide bonds. The number of hydrogen-bond donors (Lipinski definition) is 0. The molecule has 0 radical (unpaired) electrons. The number of rotatable bonds is 4. The molecule has 0 atom stereocenters. The molecule has 0 unspecified atom stereocenters. The van der Waals surface area contributed by atoms with Gasteiger partial charge in [0, 0.05) is 54.8 Å². The molecule has 0 saturated carbocycles. The Hall–Kier alpha value is -8.01. The Morgan fingerprint density at radius 3 is 1.84 bits per heavy atom. The molecule has 6 heteroatoms. The zero-order valence-electron chi connectivity index (χ0n) is 30.4. The van der Waals surface area contributed by atoms with E-state index < -0.39 is 0 Å². The summed E-state index contributed by atoms with van der Waals surface area (Å²) in [5.41, 5.74) is 11.6. The van der Waals surface area contributed by atoms with Crippen LogP contribution in [0.1, 0.15) is 5.56 Å². The molecule has 264 valence electrons. The number of furan rings is 1. The summed E-state index contributed by atoms with van der Waals surface area (Å²) in [7, 11) is 0. The third-order valence-corrected chi connectivity index (χ3v) is 11.3. The van der Waals surface area contributed by atoms with Gasteiger partial charge in [0.1, 0.15) is 11.2 Å². The lowest BCUT2D eigenvalue weighted by Gasteiger charge is -2.14. The molecule has 12 rings (SSSR count). The van der Waals surface area contributed by atoms with Crippen molar-refractivity contribution >= 4 is 76.5 Å². The standard InChI is InChI=1S/C51H29N5O/c52-30-32-29-34(27-28-35(32)51-53-40-23-11-7-19-36(40)47(54-51)31-15-3-1-4-16-31)56-42-25-13-9-21-38(42)46-49(56)48-44(45-39-22-10-14-26-43(39)57-50(45)46)37-20-8-12-24-41(37)55(48)33-17-5-2-6-18-33/h1-29H. The van der Waals surface area contributed by atoms with Gasteiger partial charge in [0.15, 0.2) is 5.82 Å². The molecule has 0 aliphatic heterocycles. The molecule has 4 aromatic heterocycles. The Kier molecular flexibility index (Phi) is 6.60. The van der Waals surface area contributed by atoms with Crippen LogP contribution in [0.25, 0.3) is 110 Å². The maximum absolute atomic E-state index is 10.9. The lowest BCUT2D eigenvalue weighted by molar-refractivity contribution is 0.673. The fourth-order valence-electron chi connectivity index (χ4n) is 8.97. The van der Waals surface area contributed by atoms with Crippen molar-refractivity contribution in [1.29, 1.82) is 5.26 Å². The van der Waals surface area contributed by atoms with E-state index in [-0.39, 0.29) is 0 Å². The highest BCUT2D eigenvalue weighted by molar-refractivity contribution is 6.39. The Morgan fingerprint density at radius 2 is 1.09 bits per heavy atom. The number of fused-ring (bicyclic) bond motifs is 13. The molecule has 0 aliphatic rings. The van der Waals surface area contributed by atoms with Crippen molar-refractivity contribution in [2.45, 2.75) is 0 Å². The topological polar surface area (TPSA) is 72.6 Å². The van der Waals surface area contributed by atoms with Gasteiger partial charge >= 0.3 is 0 Å². The van der Waals surface area contributed by atoms with Crippen molar-refractivity contribution in [3.63, 3.8) is 0 Å². The third-order valence-electron chi connectivity index (χ3n) is 11.3. The van der Waals surface area contributed by atoms with Gasteiger partial charge in [-0.2, -0.15) is 5.26 Å². The summed E-state index contributed by atoms with van der Waals surface area (Å²) in [6.45, 7) is 0. The highest BCUT2D eigenvalue weighted by atomic mass is 16.3. The van der Waals surface area contributed by atoms with E-state index in [4.69, 9.17) is 14.4 Å². The van der Waals surface area contributed by atoms with Crippen LogP contribution < -0.4 is 0 Å². The van der Waals surface area contributed by atoms with E-state index in [1.54, 1.807) is 0 Å². The summed E-state index contributed by atoms with van der Waals surface area (Å²) in [6.07, 6.45) is 0. The first-order valence-electron chi connectivity index (χ1n) is 19.0. The van der Waals surface area contributed by atoms with E-state index >= 15 is 0 Å². The third kappa shape index (κ3) is 4.45. The Balaban J connectivity index is 1.22. The maximum Gasteiger partial charge on any atom is 0.161 e. The first kappa shape index (κ1) is 31.4. The van der Waals surface area contributed by atoms with Gasteiger partial charge < -0.3 is 13.6 Å². The van der Waals surface area contributed by atoms with Crippen LogP contribution in [0.2, 0.25) is 0 Å². The van der Waals surface area contributed by atoms with E-state index in [2.05, 4.69) is 130 Å². The van der Waals surface area contributed by atoms with E-state index in [0.29, 0.717) is 17.0 Å². The van der Waals surface area contributed by atoms with Crippen LogP contribution in [-0.4, -0.2) is 19.1 Å². The van der Waals surface area contributed by atoms with Crippen LogP contribution in [0.3, 0.4) is 0 Å². The minimum absolute atomic E-state index is 0.484.